The van der Waals surface area contributed by atoms with Crippen LogP contribution < -0.4 is 19.5 Å². The number of nitrogens with one attached hydrogen (secondary N) is 1. The van der Waals surface area contributed by atoms with Crippen molar-refractivity contribution in [2.45, 2.75) is 32.7 Å². The highest BCUT2D eigenvalue weighted by Gasteiger charge is 2.36. The maximum Gasteiger partial charge on any atom is 0.338 e. The van der Waals surface area contributed by atoms with Gasteiger partial charge in [0.25, 0.3) is 0 Å². The molecule has 1 aliphatic heterocycles. The summed E-state index contributed by atoms with van der Waals surface area (Å²) in [5, 5.41) is 7.57. The Morgan fingerprint density at radius 3 is 2.38 bits per heavy atom. The summed E-state index contributed by atoms with van der Waals surface area (Å²) in [7, 11) is 4.65. The topological polar surface area (TPSA) is 96.7 Å². The van der Waals surface area contributed by atoms with Gasteiger partial charge in [-0.05, 0) is 31.0 Å². The lowest BCUT2D eigenvalue weighted by molar-refractivity contribution is -0.139. The molecule has 0 saturated heterocycles. The molecule has 1 aromatic carbocycles. The van der Waals surface area contributed by atoms with E-state index in [-0.39, 0.29) is 6.61 Å². The van der Waals surface area contributed by atoms with E-state index < -0.39 is 12.0 Å². The standard InChI is InChI=1S/C20H26N4O5/c1-6-8-13-16(19(25)29-7-2)17(24-20(23-13)21-11-22-24)12-9-14(26-3)18(28-5)15(10-12)27-4/h9-11,17H,6-8H2,1-5H3,(H,21,22,23)/t17-/m0/s1. The van der Waals surface area contributed by atoms with Crippen molar-refractivity contribution in [3.63, 3.8) is 0 Å². The molecule has 0 fully saturated rings. The summed E-state index contributed by atoms with van der Waals surface area (Å²) in [6, 6.07) is 3.07. The minimum atomic E-state index is -0.553. The summed E-state index contributed by atoms with van der Waals surface area (Å²) in [5.41, 5.74) is 2.00. The van der Waals surface area contributed by atoms with Crippen molar-refractivity contribution >= 4 is 11.9 Å². The van der Waals surface area contributed by atoms with Crippen molar-refractivity contribution < 1.29 is 23.7 Å². The van der Waals surface area contributed by atoms with Gasteiger partial charge in [-0.15, -0.1) is 0 Å². The van der Waals surface area contributed by atoms with Gasteiger partial charge >= 0.3 is 5.97 Å². The molecule has 0 aliphatic carbocycles. The molecule has 9 heteroatoms. The quantitative estimate of drug-likeness (QED) is 0.673. The zero-order chi connectivity index (χ0) is 21.0. The number of nitrogens with zero attached hydrogens (tertiary/aromatic N) is 3. The maximum atomic E-state index is 13.0. The van der Waals surface area contributed by atoms with E-state index in [0.29, 0.717) is 35.2 Å². The number of hydrogen-bond acceptors (Lipinski definition) is 8. The highest BCUT2D eigenvalue weighted by Crippen LogP contribution is 2.44. The Morgan fingerprint density at radius 2 is 1.83 bits per heavy atom. The summed E-state index contributed by atoms with van der Waals surface area (Å²) in [6.07, 6.45) is 2.97. The number of rotatable bonds is 8. The number of ether oxygens (including phenoxy) is 4. The molecule has 2 heterocycles. The smallest absolute Gasteiger partial charge is 0.338 e. The number of hydrogen-bond donors (Lipinski definition) is 1. The molecule has 0 radical (unpaired) electrons. The van der Waals surface area contributed by atoms with Gasteiger partial charge in [-0.3, -0.25) is 0 Å². The lowest BCUT2D eigenvalue weighted by Gasteiger charge is -2.30. The van der Waals surface area contributed by atoms with E-state index >= 15 is 0 Å². The van der Waals surface area contributed by atoms with Gasteiger partial charge in [0, 0.05) is 5.70 Å². The summed E-state index contributed by atoms with van der Waals surface area (Å²) in [4.78, 5) is 17.3. The molecule has 1 aromatic heterocycles. The van der Waals surface area contributed by atoms with Gasteiger partial charge in [-0.1, -0.05) is 13.3 Å². The first-order valence-corrected chi connectivity index (χ1v) is 9.46. The Balaban J connectivity index is 2.25. The van der Waals surface area contributed by atoms with Gasteiger partial charge in [0.05, 0.1) is 33.5 Å². The maximum absolute atomic E-state index is 13.0. The van der Waals surface area contributed by atoms with Crippen molar-refractivity contribution in [1.29, 1.82) is 0 Å². The number of carbonyl (C=O) groups excluding carboxylic acids is 1. The van der Waals surface area contributed by atoms with Crippen molar-refractivity contribution in [2.24, 2.45) is 0 Å². The Morgan fingerprint density at radius 1 is 1.14 bits per heavy atom. The van der Waals surface area contributed by atoms with Crippen LogP contribution in [0.2, 0.25) is 0 Å². The van der Waals surface area contributed by atoms with Crippen LogP contribution >= 0.6 is 0 Å². The molecule has 1 atom stereocenters. The average Bonchev–Trinajstić information content (AvgIpc) is 3.20. The van der Waals surface area contributed by atoms with Crippen molar-refractivity contribution in [3.05, 3.63) is 35.3 Å². The molecule has 0 amide bonds. The second-order valence-corrected chi connectivity index (χ2v) is 6.38. The van der Waals surface area contributed by atoms with Gasteiger partial charge in [-0.2, -0.15) is 10.1 Å². The second kappa shape index (κ2) is 8.85. The van der Waals surface area contributed by atoms with Gasteiger partial charge in [0.1, 0.15) is 12.4 Å². The molecule has 29 heavy (non-hydrogen) atoms. The molecule has 0 bridgehead atoms. The van der Waals surface area contributed by atoms with Crippen LogP contribution in [-0.4, -0.2) is 48.7 Å². The molecule has 9 nitrogen and oxygen atoms in total. The molecule has 1 N–H and O–H groups in total. The molecule has 156 valence electrons. The molecule has 3 rings (SSSR count). The zero-order valence-corrected chi connectivity index (χ0v) is 17.3. The van der Waals surface area contributed by atoms with E-state index in [1.807, 2.05) is 19.1 Å². The normalized spacial score (nSPS) is 15.4. The van der Waals surface area contributed by atoms with E-state index in [4.69, 9.17) is 18.9 Å². The third-order valence-electron chi connectivity index (χ3n) is 4.68. The number of anilines is 1. The van der Waals surface area contributed by atoms with Crippen LogP contribution in [0.25, 0.3) is 0 Å². The van der Waals surface area contributed by atoms with Crippen LogP contribution in [0.4, 0.5) is 5.95 Å². The third-order valence-corrected chi connectivity index (χ3v) is 4.68. The highest BCUT2D eigenvalue weighted by atomic mass is 16.5. The Bertz CT molecular complexity index is 896. The van der Waals surface area contributed by atoms with Gasteiger partial charge < -0.3 is 24.3 Å². The SMILES string of the molecule is CCCC1=C(C(=O)OCC)[C@H](c2cc(OC)c(OC)c(OC)c2)n2ncnc2N1. The van der Waals surface area contributed by atoms with Gasteiger partial charge in [-0.25, -0.2) is 9.48 Å². The lowest BCUT2D eigenvalue weighted by Crippen LogP contribution is -2.30. The van der Waals surface area contributed by atoms with Crippen LogP contribution in [0.5, 0.6) is 17.2 Å². The predicted octanol–water partition coefficient (Wildman–Crippen LogP) is 2.94. The zero-order valence-electron chi connectivity index (χ0n) is 17.3. The number of esters is 1. The van der Waals surface area contributed by atoms with E-state index in [1.54, 1.807) is 32.9 Å². The first kappa shape index (κ1) is 20.5. The molecule has 1 aliphatic rings. The fourth-order valence-corrected chi connectivity index (χ4v) is 3.48. The summed E-state index contributed by atoms with van der Waals surface area (Å²) in [6.45, 7) is 4.10. The Kier molecular flexibility index (Phi) is 6.26. The number of allylic oxidation sites excluding steroid dienone is 1. The molecule has 0 saturated carbocycles. The first-order chi connectivity index (χ1) is 14.1. The minimum Gasteiger partial charge on any atom is -0.493 e. The minimum absolute atomic E-state index is 0.272. The van der Waals surface area contributed by atoms with Crippen molar-refractivity contribution in [1.82, 2.24) is 14.8 Å². The highest BCUT2D eigenvalue weighted by molar-refractivity contribution is 5.92. The van der Waals surface area contributed by atoms with E-state index in [9.17, 15) is 4.79 Å². The van der Waals surface area contributed by atoms with E-state index in [1.165, 1.54) is 6.33 Å². The fourth-order valence-electron chi connectivity index (χ4n) is 3.48. The van der Waals surface area contributed by atoms with Crippen LogP contribution in [0.3, 0.4) is 0 Å². The molecular formula is C20H26N4O5. The fraction of sp³-hybridized carbons (Fsp3) is 0.450. The first-order valence-electron chi connectivity index (χ1n) is 9.46. The largest absolute Gasteiger partial charge is 0.493 e. The monoisotopic (exact) mass is 402 g/mol. The summed E-state index contributed by atoms with van der Waals surface area (Å²) >= 11 is 0. The molecule has 2 aromatic rings. The number of aromatic nitrogens is 3. The average molecular weight is 402 g/mol. The third kappa shape index (κ3) is 3.72. The second-order valence-electron chi connectivity index (χ2n) is 6.38. The van der Waals surface area contributed by atoms with Crippen molar-refractivity contribution in [3.8, 4) is 17.2 Å². The van der Waals surface area contributed by atoms with Gasteiger partial charge in [0.2, 0.25) is 11.7 Å². The number of benzene rings is 1. The lowest BCUT2D eigenvalue weighted by atomic mass is 9.93. The predicted molar refractivity (Wildman–Crippen MR) is 106 cm³/mol. The van der Waals surface area contributed by atoms with E-state index in [0.717, 1.165) is 17.7 Å². The number of carbonyl (C=O) groups is 1. The summed E-state index contributed by atoms with van der Waals surface area (Å²) < 4.78 is 23.5. The van der Waals surface area contributed by atoms with Crippen LogP contribution in [0.1, 0.15) is 38.3 Å². The van der Waals surface area contributed by atoms with Crippen LogP contribution in [0.15, 0.2) is 29.7 Å². The molecule has 0 spiro atoms. The molecule has 0 unspecified atom stereocenters. The Labute approximate surface area is 169 Å². The number of methoxy groups -OCH3 is 3. The van der Waals surface area contributed by atoms with Gasteiger partial charge in [0.15, 0.2) is 11.5 Å². The van der Waals surface area contributed by atoms with Crippen LogP contribution in [-0.2, 0) is 9.53 Å². The number of fused-ring (bicyclic) bond motifs is 1. The van der Waals surface area contributed by atoms with E-state index in [2.05, 4.69) is 15.4 Å². The van der Waals surface area contributed by atoms with Crippen molar-refractivity contribution in [2.75, 3.05) is 33.3 Å². The molecular weight excluding hydrogens is 376 g/mol. The Hall–Kier alpha value is -3.23. The van der Waals surface area contributed by atoms with Crippen LogP contribution in [0, 0.1) is 0 Å². The summed E-state index contributed by atoms with van der Waals surface area (Å²) in [5.74, 6) is 1.61.